The van der Waals surface area contributed by atoms with E-state index in [-0.39, 0.29) is 48.5 Å². The number of piperidine rings is 1. The number of alkyl halides is 3. The highest BCUT2D eigenvalue weighted by Gasteiger charge is 2.38. The van der Waals surface area contributed by atoms with Gasteiger partial charge in [0, 0.05) is 37.2 Å². The second-order valence-electron chi connectivity index (χ2n) is 6.48. The number of nitrogens with two attached hydrogens (primary N) is 2. The summed E-state index contributed by atoms with van der Waals surface area (Å²) < 4.78 is 75.9. The average molecular weight is 486 g/mol. The molecule has 5 N–H and O–H groups in total. The van der Waals surface area contributed by atoms with E-state index < -0.39 is 28.1 Å². The third-order valence-electron chi connectivity index (χ3n) is 4.27. The number of carboxylic acids is 1. The van der Waals surface area contributed by atoms with Crippen LogP contribution in [0.15, 0.2) is 35.1 Å². The lowest BCUT2D eigenvalue weighted by molar-refractivity contribution is -0.192. The van der Waals surface area contributed by atoms with Crippen molar-refractivity contribution in [1.29, 1.82) is 0 Å². The van der Waals surface area contributed by atoms with Crippen molar-refractivity contribution in [2.24, 2.45) is 17.4 Å². The molecule has 0 aromatic carbocycles. The first-order valence-electron chi connectivity index (χ1n) is 8.99. The molecule has 0 atom stereocenters. The molecule has 0 bridgehead atoms. The van der Waals surface area contributed by atoms with Gasteiger partial charge >= 0.3 is 12.1 Å². The van der Waals surface area contributed by atoms with Gasteiger partial charge in [0.05, 0.1) is 12.5 Å². The monoisotopic (exact) mass is 486 g/mol. The first-order chi connectivity index (χ1) is 14.8. The van der Waals surface area contributed by atoms with Crippen LogP contribution in [0.5, 0.6) is 5.88 Å². The summed E-state index contributed by atoms with van der Waals surface area (Å²) in [6.07, 6.45) is -2.72. The van der Waals surface area contributed by atoms with Crippen molar-refractivity contribution in [3.8, 4) is 5.88 Å². The standard InChI is InChI=1S/C15H21FN4O4S.C2HF3O2/c16-7-11(8-17)10-24-14-2-1-13(9-19-14)25(22,23)20-5-3-12(4-6-20)15(18)21;3-2(4,5)1(6)7/h1-2,7,9,12H,3-6,8,10,17H2,(H2,18,21);(H,6,7)/b11-7+;. The van der Waals surface area contributed by atoms with Crippen LogP contribution in [0.4, 0.5) is 17.6 Å². The number of sulfonamides is 1. The summed E-state index contributed by atoms with van der Waals surface area (Å²) in [6, 6.07) is 2.77. The van der Waals surface area contributed by atoms with Crippen molar-refractivity contribution in [3.05, 3.63) is 30.2 Å². The topological polar surface area (TPSA) is 166 Å². The molecule has 1 fully saturated rings. The van der Waals surface area contributed by atoms with Gasteiger partial charge < -0.3 is 21.3 Å². The lowest BCUT2D eigenvalue weighted by Gasteiger charge is -2.29. The second-order valence-corrected chi connectivity index (χ2v) is 8.41. The van der Waals surface area contributed by atoms with Crippen LogP contribution >= 0.6 is 0 Å². The van der Waals surface area contributed by atoms with Gasteiger partial charge in [-0.05, 0) is 18.9 Å². The minimum atomic E-state index is -5.08. The zero-order valence-electron chi connectivity index (χ0n) is 16.6. The molecule has 2 rings (SSSR count). The number of primary amides is 1. The van der Waals surface area contributed by atoms with Crippen LogP contribution in [-0.4, -0.2) is 67.1 Å². The number of hydrogen-bond acceptors (Lipinski definition) is 7. The third-order valence-corrected chi connectivity index (χ3v) is 6.15. The summed E-state index contributed by atoms with van der Waals surface area (Å²) in [7, 11) is -3.70. The van der Waals surface area contributed by atoms with Crippen LogP contribution < -0.4 is 16.2 Å². The Kier molecular flexibility index (Phi) is 9.99. The number of rotatable bonds is 7. The molecular formula is C17H22F4N4O6S. The highest BCUT2D eigenvalue weighted by molar-refractivity contribution is 7.89. The number of carboxylic acid groups (broad SMARTS) is 1. The van der Waals surface area contributed by atoms with Gasteiger partial charge in [-0.2, -0.15) is 17.5 Å². The Balaban J connectivity index is 0.000000633. The zero-order chi connectivity index (χ0) is 24.5. The number of amides is 1. The number of aliphatic carboxylic acids is 1. The molecule has 1 amide bonds. The molecule has 1 aromatic heterocycles. The first kappa shape index (κ1) is 27.3. The largest absolute Gasteiger partial charge is 0.490 e. The number of pyridine rings is 1. The fraction of sp³-hybridized carbons (Fsp3) is 0.471. The number of carbonyl (C=O) groups is 2. The Morgan fingerprint density at radius 3 is 2.22 bits per heavy atom. The molecule has 1 aromatic rings. The SMILES string of the molecule is NC/C(=C\F)COc1ccc(S(=O)(=O)N2CCC(C(N)=O)CC2)cn1.O=C(O)C(F)(F)F. The Labute approximate surface area is 180 Å². The van der Waals surface area contributed by atoms with Gasteiger partial charge in [-0.3, -0.25) is 4.79 Å². The van der Waals surface area contributed by atoms with Crippen LogP contribution in [-0.2, 0) is 19.6 Å². The van der Waals surface area contributed by atoms with Crippen LogP contribution in [0, 0.1) is 5.92 Å². The molecular weight excluding hydrogens is 464 g/mol. The van der Waals surface area contributed by atoms with Crippen molar-refractivity contribution in [2.75, 3.05) is 26.2 Å². The highest BCUT2D eigenvalue weighted by atomic mass is 32.2. The van der Waals surface area contributed by atoms with Crippen LogP contribution in [0.2, 0.25) is 0 Å². The number of aromatic nitrogens is 1. The number of hydrogen-bond donors (Lipinski definition) is 3. The molecule has 0 spiro atoms. The molecule has 10 nitrogen and oxygen atoms in total. The minimum Gasteiger partial charge on any atom is -0.475 e. The number of nitrogens with zero attached hydrogens (tertiary/aromatic N) is 2. The van der Waals surface area contributed by atoms with Crippen molar-refractivity contribution in [3.63, 3.8) is 0 Å². The quantitative estimate of drug-likeness (QED) is 0.476. The summed E-state index contributed by atoms with van der Waals surface area (Å²) in [6.45, 7) is 0.418. The second kappa shape index (κ2) is 11.7. The van der Waals surface area contributed by atoms with E-state index >= 15 is 0 Å². The van der Waals surface area contributed by atoms with Crippen molar-refractivity contribution in [1.82, 2.24) is 9.29 Å². The third kappa shape index (κ3) is 8.05. The van der Waals surface area contributed by atoms with E-state index in [9.17, 15) is 30.8 Å². The van der Waals surface area contributed by atoms with Gasteiger partial charge in [0.1, 0.15) is 11.5 Å². The molecule has 0 unspecified atom stereocenters. The molecule has 180 valence electrons. The summed E-state index contributed by atoms with van der Waals surface area (Å²) in [4.78, 5) is 24.0. The Morgan fingerprint density at radius 2 is 1.84 bits per heavy atom. The lowest BCUT2D eigenvalue weighted by atomic mass is 9.98. The van der Waals surface area contributed by atoms with E-state index in [2.05, 4.69) is 4.98 Å². The molecule has 1 saturated heterocycles. The highest BCUT2D eigenvalue weighted by Crippen LogP contribution is 2.24. The number of ether oxygens (including phenoxy) is 1. The normalized spacial score (nSPS) is 16.1. The van der Waals surface area contributed by atoms with E-state index in [0.29, 0.717) is 19.2 Å². The fourth-order valence-electron chi connectivity index (χ4n) is 2.44. The Hall–Kier alpha value is -2.78. The molecule has 0 radical (unpaired) electrons. The molecule has 2 heterocycles. The van der Waals surface area contributed by atoms with E-state index in [0.717, 1.165) is 0 Å². The molecule has 15 heteroatoms. The predicted molar refractivity (Wildman–Crippen MR) is 102 cm³/mol. The summed E-state index contributed by atoms with van der Waals surface area (Å²) in [5, 5.41) is 7.12. The molecule has 0 saturated carbocycles. The van der Waals surface area contributed by atoms with Gasteiger partial charge in [0.2, 0.25) is 21.8 Å². The van der Waals surface area contributed by atoms with Crippen molar-refractivity contribution >= 4 is 21.9 Å². The van der Waals surface area contributed by atoms with Crippen LogP contribution in [0.1, 0.15) is 12.8 Å². The van der Waals surface area contributed by atoms with E-state index in [4.69, 9.17) is 26.1 Å². The predicted octanol–water partition coefficient (Wildman–Crippen LogP) is 0.792. The molecule has 0 aliphatic carbocycles. The van der Waals surface area contributed by atoms with Gasteiger partial charge in [0.15, 0.2) is 0 Å². The minimum absolute atomic E-state index is 0.0181. The van der Waals surface area contributed by atoms with Crippen LogP contribution in [0.25, 0.3) is 0 Å². The summed E-state index contributed by atoms with van der Waals surface area (Å²) >= 11 is 0. The van der Waals surface area contributed by atoms with E-state index in [1.54, 1.807) is 0 Å². The fourth-order valence-corrected chi connectivity index (χ4v) is 3.85. The van der Waals surface area contributed by atoms with Crippen LogP contribution in [0.3, 0.4) is 0 Å². The summed E-state index contributed by atoms with van der Waals surface area (Å²) in [5.74, 6) is -3.29. The van der Waals surface area contributed by atoms with Gasteiger partial charge in [-0.15, -0.1) is 0 Å². The molecule has 1 aliphatic rings. The van der Waals surface area contributed by atoms with Gasteiger partial charge in [-0.1, -0.05) is 0 Å². The number of carbonyl (C=O) groups excluding carboxylic acids is 1. The first-order valence-corrected chi connectivity index (χ1v) is 10.4. The maximum atomic E-state index is 12.6. The van der Waals surface area contributed by atoms with E-state index in [1.165, 1.54) is 22.6 Å². The maximum absolute atomic E-state index is 12.6. The average Bonchev–Trinajstić information content (AvgIpc) is 2.74. The Morgan fingerprint density at radius 1 is 1.28 bits per heavy atom. The smallest absolute Gasteiger partial charge is 0.475 e. The lowest BCUT2D eigenvalue weighted by Crippen LogP contribution is -2.41. The zero-order valence-corrected chi connectivity index (χ0v) is 17.4. The van der Waals surface area contributed by atoms with Gasteiger partial charge in [0.25, 0.3) is 0 Å². The number of halogens is 4. The summed E-state index contributed by atoms with van der Waals surface area (Å²) in [5.41, 5.74) is 10.8. The van der Waals surface area contributed by atoms with Crippen molar-refractivity contribution in [2.45, 2.75) is 23.9 Å². The van der Waals surface area contributed by atoms with E-state index in [1.807, 2.05) is 0 Å². The molecule has 32 heavy (non-hydrogen) atoms. The van der Waals surface area contributed by atoms with Gasteiger partial charge in [-0.25, -0.2) is 22.6 Å². The van der Waals surface area contributed by atoms with Crippen molar-refractivity contribution < 1.29 is 45.4 Å². The Bertz CT molecular complexity index is 914. The molecule has 1 aliphatic heterocycles. The maximum Gasteiger partial charge on any atom is 0.490 e.